The first kappa shape index (κ1) is 15.1. The number of carbonyl (C=O) groups is 1. The number of nitrogens with zero attached hydrogens (tertiary/aromatic N) is 1. The summed E-state index contributed by atoms with van der Waals surface area (Å²) in [5.74, 6) is 3.00. The van der Waals surface area contributed by atoms with Crippen molar-refractivity contribution in [2.24, 2.45) is 5.10 Å². The zero-order chi connectivity index (χ0) is 15.6. The first-order chi connectivity index (χ1) is 10.8. The topological polar surface area (TPSA) is 62.7 Å². The molecule has 0 saturated heterocycles. The molecule has 0 aromatic heterocycles. The number of terminal acetylenes is 1. The maximum absolute atomic E-state index is 11.7. The molecule has 0 fully saturated rings. The molecule has 110 valence electrons. The van der Waals surface area contributed by atoms with E-state index < -0.39 is 6.03 Å². The summed E-state index contributed by atoms with van der Waals surface area (Å²) >= 11 is 0. The SMILES string of the molecule is C#CCOc1ccccc1/C=N\NC(=O)Nc1ccccc1. The minimum absolute atomic E-state index is 0.173. The van der Waals surface area contributed by atoms with Gasteiger partial charge in [-0.05, 0) is 24.3 Å². The Morgan fingerprint density at radius 1 is 1.18 bits per heavy atom. The van der Waals surface area contributed by atoms with Crippen molar-refractivity contribution in [3.05, 3.63) is 60.2 Å². The van der Waals surface area contributed by atoms with Crippen LogP contribution in [0.15, 0.2) is 59.7 Å². The van der Waals surface area contributed by atoms with Crippen LogP contribution >= 0.6 is 0 Å². The number of benzene rings is 2. The van der Waals surface area contributed by atoms with E-state index in [-0.39, 0.29) is 6.61 Å². The van der Waals surface area contributed by atoms with Gasteiger partial charge in [0, 0.05) is 11.3 Å². The maximum Gasteiger partial charge on any atom is 0.339 e. The van der Waals surface area contributed by atoms with Gasteiger partial charge in [-0.3, -0.25) is 0 Å². The van der Waals surface area contributed by atoms with Crippen molar-refractivity contribution in [1.29, 1.82) is 0 Å². The molecule has 0 heterocycles. The number of anilines is 1. The van der Waals surface area contributed by atoms with Gasteiger partial charge in [0.25, 0.3) is 0 Å². The van der Waals surface area contributed by atoms with Gasteiger partial charge in [0.1, 0.15) is 12.4 Å². The van der Waals surface area contributed by atoms with Crippen molar-refractivity contribution in [1.82, 2.24) is 5.43 Å². The molecular weight excluding hydrogens is 278 g/mol. The summed E-state index contributed by atoms with van der Waals surface area (Å²) in [6, 6.07) is 15.9. The standard InChI is InChI=1S/C17H15N3O2/c1-2-12-22-16-11-7-6-8-14(16)13-18-20-17(21)19-15-9-4-3-5-10-15/h1,3-11,13H,12H2,(H2,19,20,21)/b18-13-. The van der Waals surface area contributed by atoms with E-state index in [1.165, 1.54) is 6.21 Å². The van der Waals surface area contributed by atoms with E-state index in [2.05, 4.69) is 21.8 Å². The van der Waals surface area contributed by atoms with Crippen LogP contribution in [0.4, 0.5) is 10.5 Å². The van der Waals surface area contributed by atoms with Gasteiger partial charge in [-0.15, -0.1) is 6.42 Å². The van der Waals surface area contributed by atoms with Crippen molar-refractivity contribution >= 4 is 17.9 Å². The number of urea groups is 1. The fourth-order valence-electron chi connectivity index (χ4n) is 1.68. The fourth-order valence-corrected chi connectivity index (χ4v) is 1.68. The number of hydrogen-bond donors (Lipinski definition) is 2. The highest BCUT2D eigenvalue weighted by molar-refractivity contribution is 5.90. The van der Waals surface area contributed by atoms with Crippen LogP contribution in [-0.4, -0.2) is 18.9 Å². The van der Waals surface area contributed by atoms with Crippen molar-refractivity contribution < 1.29 is 9.53 Å². The zero-order valence-electron chi connectivity index (χ0n) is 11.8. The maximum atomic E-state index is 11.7. The molecule has 5 nitrogen and oxygen atoms in total. The zero-order valence-corrected chi connectivity index (χ0v) is 11.8. The summed E-state index contributed by atoms with van der Waals surface area (Å²) in [7, 11) is 0. The lowest BCUT2D eigenvalue weighted by Gasteiger charge is -2.06. The van der Waals surface area contributed by atoms with Gasteiger partial charge in [0.05, 0.1) is 6.21 Å². The van der Waals surface area contributed by atoms with E-state index in [1.807, 2.05) is 36.4 Å². The van der Waals surface area contributed by atoms with E-state index in [4.69, 9.17) is 11.2 Å². The molecule has 0 aliphatic rings. The van der Waals surface area contributed by atoms with E-state index in [9.17, 15) is 4.79 Å². The van der Waals surface area contributed by atoms with Crippen LogP contribution in [0.1, 0.15) is 5.56 Å². The third kappa shape index (κ3) is 4.69. The number of para-hydroxylation sites is 2. The Morgan fingerprint density at radius 3 is 2.68 bits per heavy atom. The number of nitrogens with one attached hydrogen (secondary N) is 2. The van der Waals surface area contributed by atoms with Crippen LogP contribution in [0.2, 0.25) is 0 Å². The Balaban J connectivity index is 1.92. The van der Waals surface area contributed by atoms with Crippen LogP contribution in [0.5, 0.6) is 5.75 Å². The van der Waals surface area contributed by atoms with E-state index in [1.54, 1.807) is 18.2 Å². The Bertz CT molecular complexity index is 691. The summed E-state index contributed by atoms with van der Waals surface area (Å²) < 4.78 is 5.38. The van der Waals surface area contributed by atoms with Crippen LogP contribution in [0.3, 0.4) is 0 Å². The Hall–Kier alpha value is -3.26. The van der Waals surface area contributed by atoms with Gasteiger partial charge < -0.3 is 10.1 Å². The third-order valence-electron chi connectivity index (χ3n) is 2.63. The fraction of sp³-hybridized carbons (Fsp3) is 0.0588. The molecule has 0 bridgehead atoms. The second-order valence-electron chi connectivity index (χ2n) is 4.22. The summed E-state index contributed by atoms with van der Waals surface area (Å²) in [4.78, 5) is 11.7. The van der Waals surface area contributed by atoms with E-state index in [0.29, 0.717) is 11.4 Å². The van der Waals surface area contributed by atoms with Crippen LogP contribution in [-0.2, 0) is 0 Å². The summed E-state index contributed by atoms with van der Waals surface area (Å²) in [6.45, 7) is 0.173. The summed E-state index contributed by atoms with van der Waals surface area (Å²) in [5, 5.41) is 6.54. The lowest BCUT2D eigenvalue weighted by Crippen LogP contribution is -2.24. The Kier molecular flexibility index (Phi) is 5.59. The number of ether oxygens (including phenoxy) is 1. The summed E-state index contributed by atoms with van der Waals surface area (Å²) in [5.41, 5.74) is 3.79. The number of rotatable bonds is 5. The predicted molar refractivity (Wildman–Crippen MR) is 87.0 cm³/mol. The molecule has 0 spiro atoms. The molecule has 0 unspecified atom stereocenters. The van der Waals surface area contributed by atoms with Gasteiger partial charge in [-0.2, -0.15) is 5.10 Å². The number of hydrazone groups is 1. The number of amides is 2. The largest absolute Gasteiger partial charge is 0.480 e. The molecule has 2 rings (SSSR count). The van der Waals surface area contributed by atoms with Crippen molar-refractivity contribution in [2.75, 3.05) is 11.9 Å². The van der Waals surface area contributed by atoms with Gasteiger partial charge in [-0.1, -0.05) is 36.3 Å². The smallest absolute Gasteiger partial charge is 0.339 e. The lowest BCUT2D eigenvalue weighted by molar-refractivity contribution is 0.252. The van der Waals surface area contributed by atoms with Gasteiger partial charge in [0.15, 0.2) is 0 Å². The van der Waals surface area contributed by atoms with Crippen LogP contribution < -0.4 is 15.5 Å². The summed E-state index contributed by atoms with van der Waals surface area (Å²) in [6.07, 6.45) is 6.66. The predicted octanol–water partition coefficient (Wildman–Crippen LogP) is 2.85. The molecule has 0 aliphatic carbocycles. The molecule has 0 aliphatic heterocycles. The highest BCUT2D eigenvalue weighted by atomic mass is 16.5. The first-order valence-electron chi connectivity index (χ1n) is 6.60. The Labute approximate surface area is 129 Å². The quantitative estimate of drug-likeness (QED) is 0.506. The lowest BCUT2D eigenvalue weighted by atomic mass is 10.2. The van der Waals surface area contributed by atoms with Crippen molar-refractivity contribution in [2.45, 2.75) is 0 Å². The molecule has 0 atom stereocenters. The van der Waals surface area contributed by atoms with Crippen LogP contribution in [0, 0.1) is 12.3 Å². The normalized spacial score (nSPS) is 9.95. The molecule has 22 heavy (non-hydrogen) atoms. The monoisotopic (exact) mass is 293 g/mol. The highest BCUT2D eigenvalue weighted by Gasteiger charge is 2.01. The minimum atomic E-state index is -0.426. The third-order valence-corrected chi connectivity index (χ3v) is 2.63. The van der Waals surface area contributed by atoms with E-state index >= 15 is 0 Å². The molecule has 2 N–H and O–H groups in total. The molecule has 2 aromatic rings. The van der Waals surface area contributed by atoms with Gasteiger partial charge >= 0.3 is 6.03 Å². The van der Waals surface area contributed by atoms with Gasteiger partial charge in [0.2, 0.25) is 0 Å². The molecular formula is C17H15N3O2. The molecule has 0 radical (unpaired) electrons. The van der Waals surface area contributed by atoms with Gasteiger partial charge in [-0.25, -0.2) is 10.2 Å². The average Bonchev–Trinajstić information content (AvgIpc) is 2.55. The molecule has 2 aromatic carbocycles. The minimum Gasteiger partial charge on any atom is -0.480 e. The number of carbonyl (C=O) groups excluding carboxylic acids is 1. The van der Waals surface area contributed by atoms with E-state index in [0.717, 1.165) is 5.56 Å². The molecule has 5 heteroatoms. The van der Waals surface area contributed by atoms with Crippen molar-refractivity contribution in [3.63, 3.8) is 0 Å². The average molecular weight is 293 g/mol. The first-order valence-corrected chi connectivity index (χ1v) is 6.60. The highest BCUT2D eigenvalue weighted by Crippen LogP contribution is 2.15. The number of hydrogen-bond acceptors (Lipinski definition) is 3. The molecule has 0 saturated carbocycles. The van der Waals surface area contributed by atoms with Crippen LogP contribution in [0.25, 0.3) is 0 Å². The second-order valence-corrected chi connectivity index (χ2v) is 4.22. The Morgan fingerprint density at radius 2 is 1.91 bits per heavy atom. The van der Waals surface area contributed by atoms with Crippen molar-refractivity contribution in [3.8, 4) is 18.1 Å². The second kappa shape index (κ2) is 8.12. The molecule has 2 amide bonds.